The number of hydrogen-bond acceptors (Lipinski definition) is 3. The highest BCUT2D eigenvalue weighted by molar-refractivity contribution is 5.76. The molecular formula is C14H23N5O2. The van der Waals surface area contributed by atoms with E-state index in [9.17, 15) is 9.59 Å². The van der Waals surface area contributed by atoms with E-state index in [0.717, 1.165) is 0 Å². The van der Waals surface area contributed by atoms with E-state index in [1.165, 1.54) is 28.4 Å². The lowest BCUT2D eigenvalue weighted by atomic mass is 10.6. The highest BCUT2D eigenvalue weighted by atomic mass is 16.2. The van der Waals surface area contributed by atoms with E-state index in [0.29, 0.717) is 0 Å². The maximum atomic E-state index is 11.7. The van der Waals surface area contributed by atoms with Gasteiger partial charge < -0.3 is 10.6 Å². The van der Waals surface area contributed by atoms with Gasteiger partial charge >= 0.3 is 12.1 Å². The molecule has 0 unspecified atom stereocenters. The number of urea groups is 2. The summed E-state index contributed by atoms with van der Waals surface area (Å²) < 4.78 is 0. The molecule has 3 N–H and O–H groups in total. The molecule has 0 radical (unpaired) electrons. The van der Waals surface area contributed by atoms with Crippen LogP contribution in [0.5, 0.6) is 0 Å². The van der Waals surface area contributed by atoms with E-state index in [1.807, 2.05) is 0 Å². The Labute approximate surface area is 125 Å². The Morgan fingerprint density at radius 1 is 1.10 bits per heavy atom. The molecule has 0 aliphatic heterocycles. The van der Waals surface area contributed by atoms with E-state index < -0.39 is 0 Å². The Morgan fingerprint density at radius 2 is 1.81 bits per heavy atom. The monoisotopic (exact) mass is 293 g/mol. The number of carbonyl (C=O) groups is 2. The molecule has 0 aromatic heterocycles. The zero-order valence-corrected chi connectivity index (χ0v) is 12.5. The predicted octanol–water partition coefficient (Wildman–Crippen LogP) is 1.87. The van der Waals surface area contributed by atoms with Crippen molar-refractivity contribution in [3.8, 4) is 0 Å². The molecule has 116 valence electrons. The largest absolute Gasteiger partial charge is 0.326 e. The third-order valence-corrected chi connectivity index (χ3v) is 2.24. The third-order valence-electron chi connectivity index (χ3n) is 2.24. The van der Waals surface area contributed by atoms with Crippen molar-refractivity contribution in [2.24, 2.45) is 0 Å². The van der Waals surface area contributed by atoms with Crippen LogP contribution in [0.4, 0.5) is 9.59 Å². The molecule has 0 rings (SSSR count). The molecule has 0 aliphatic carbocycles. The van der Waals surface area contributed by atoms with Crippen LogP contribution in [0.15, 0.2) is 50.1 Å². The van der Waals surface area contributed by atoms with Gasteiger partial charge in [-0.2, -0.15) is 0 Å². The highest BCUT2D eigenvalue weighted by Gasteiger charge is 2.08. The summed E-state index contributed by atoms with van der Waals surface area (Å²) in [5.74, 6) is 0. The Hall–Kier alpha value is -2.54. The summed E-state index contributed by atoms with van der Waals surface area (Å²) >= 11 is 0. The van der Waals surface area contributed by atoms with Crippen molar-refractivity contribution in [2.75, 3.05) is 13.3 Å². The quantitative estimate of drug-likeness (QED) is 0.472. The average Bonchev–Trinajstić information content (AvgIpc) is 2.49. The molecule has 7 nitrogen and oxygen atoms in total. The lowest BCUT2D eigenvalue weighted by Crippen LogP contribution is -2.45. The molecule has 7 heteroatoms. The summed E-state index contributed by atoms with van der Waals surface area (Å²) in [4.78, 5) is 26.0. The molecular weight excluding hydrogens is 270 g/mol. The molecule has 0 fully saturated rings. The van der Waals surface area contributed by atoms with Crippen molar-refractivity contribution < 1.29 is 9.59 Å². The second-order valence-electron chi connectivity index (χ2n) is 3.74. The molecule has 0 aliphatic rings. The molecule has 21 heavy (non-hydrogen) atoms. The molecule has 0 aromatic carbocycles. The number of rotatable bonds is 8. The minimum atomic E-state index is -0.320. The molecule has 0 atom stereocenters. The molecule has 0 bridgehead atoms. The minimum Gasteiger partial charge on any atom is -0.325 e. The van der Waals surface area contributed by atoms with Gasteiger partial charge in [-0.25, -0.2) is 9.59 Å². The highest BCUT2D eigenvalue weighted by Crippen LogP contribution is 1.91. The van der Waals surface area contributed by atoms with Gasteiger partial charge in [0, 0.05) is 24.8 Å². The molecule has 0 aromatic rings. The summed E-state index contributed by atoms with van der Waals surface area (Å²) in [7, 11) is 0. The van der Waals surface area contributed by atoms with Gasteiger partial charge in [-0.1, -0.05) is 25.3 Å². The van der Waals surface area contributed by atoms with Gasteiger partial charge in [0.2, 0.25) is 0 Å². The van der Waals surface area contributed by atoms with Crippen LogP contribution in [0.2, 0.25) is 0 Å². The Kier molecular flexibility index (Phi) is 9.93. The van der Waals surface area contributed by atoms with Crippen LogP contribution in [0.1, 0.15) is 13.8 Å². The zero-order valence-electron chi connectivity index (χ0n) is 12.5. The predicted molar refractivity (Wildman–Crippen MR) is 83.6 cm³/mol. The molecule has 0 saturated carbocycles. The van der Waals surface area contributed by atoms with Crippen molar-refractivity contribution in [3.63, 3.8) is 0 Å². The van der Waals surface area contributed by atoms with Crippen LogP contribution >= 0.6 is 0 Å². The van der Waals surface area contributed by atoms with Gasteiger partial charge in [0.05, 0.1) is 13.3 Å². The summed E-state index contributed by atoms with van der Waals surface area (Å²) in [6, 6.07) is -0.636. The van der Waals surface area contributed by atoms with E-state index in [2.05, 4.69) is 29.1 Å². The minimum absolute atomic E-state index is 0.196. The Balaban J connectivity index is 4.12. The van der Waals surface area contributed by atoms with E-state index in [-0.39, 0.29) is 25.4 Å². The van der Waals surface area contributed by atoms with Crippen LogP contribution in [0.3, 0.4) is 0 Å². The smallest absolute Gasteiger partial charge is 0.325 e. The van der Waals surface area contributed by atoms with Crippen LogP contribution in [0, 0.1) is 0 Å². The van der Waals surface area contributed by atoms with Crippen LogP contribution < -0.4 is 16.0 Å². The first-order chi connectivity index (χ1) is 10.1. The maximum Gasteiger partial charge on any atom is 0.326 e. The Morgan fingerprint density at radius 3 is 2.33 bits per heavy atom. The fourth-order valence-corrected chi connectivity index (χ4v) is 1.23. The molecule has 0 spiro atoms. The van der Waals surface area contributed by atoms with Crippen molar-refractivity contribution in [2.45, 2.75) is 13.8 Å². The summed E-state index contributed by atoms with van der Waals surface area (Å²) in [6.07, 6.45) is 9.33. The fourth-order valence-electron chi connectivity index (χ4n) is 1.23. The number of carbonyl (C=O) groups excluding carboxylic acids is 2. The van der Waals surface area contributed by atoms with Crippen molar-refractivity contribution >= 4 is 12.1 Å². The lowest BCUT2D eigenvalue weighted by molar-refractivity contribution is 0.214. The van der Waals surface area contributed by atoms with Gasteiger partial charge in [-0.05, 0) is 13.8 Å². The molecule has 0 heterocycles. The van der Waals surface area contributed by atoms with Crippen molar-refractivity contribution in [1.29, 1.82) is 0 Å². The van der Waals surface area contributed by atoms with Crippen LogP contribution in [0.25, 0.3) is 0 Å². The first-order valence-corrected chi connectivity index (χ1v) is 6.43. The summed E-state index contributed by atoms with van der Waals surface area (Å²) in [5.41, 5.74) is 0. The lowest BCUT2D eigenvalue weighted by Gasteiger charge is -2.19. The van der Waals surface area contributed by atoms with Gasteiger partial charge in [0.15, 0.2) is 0 Å². The summed E-state index contributed by atoms with van der Waals surface area (Å²) in [6.45, 7) is 11.1. The number of hydrogen-bond donors (Lipinski definition) is 3. The summed E-state index contributed by atoms with van der Waals surface area (Å²) in [5, 5.41) is 8.08. The van der Waals surface area contributed by atoms with Gasteiger partial charge in [0.1, 0.15) is 0 Å². The number of amides is 4. The van der Waals surface area contributed by atoms with Gasteiger partial charge in [0.25, 0.3) is 0 Å². The second kappa shape index (κ2) is 11.3. The zero-order chi connectivity index (χ0) is 16.1. The standard InChI is InChI=1S/C14H23N5O2/c1-5-9-16-13(20)19(8-4)12-15-11-17-14(21)18(7-3)10-6-2/h5-10,15H,3-4,11-12H2,1-2H3,(H,16,20)(H,17,21)/b9-5+,10-6+. The second-order valence-corrected chi connectivity index (χ2v) is 3.74. The third kappa shape index (κ3) is 7.58. The van der Waals surface area contributed by atoms with Gasteiger partial charge in [-0.3, -0.25) is 15.1 Å². The van der Waals surface area contributed by atoms with Crippen LogP contribution in [-0.2, 0) is 0 Å². The van der Waals surface area contributed by atoms with E-state index in [1.54, 1.807) is 32.2 Å². The SMILES string of the molecule is C=CN(/C=C/C)C(=O)NCNCN(C=C)C(=O)N/C=C/C. The fraction of sp³-hybridized carbons (Fsp3) is 0.286. The van der Waals surface area contributed by atoms with Crippen molar-refractivity contribution in [1.82, 2.24) is 25.8 Å². The first kappa shape index (κ1) is 18.5. The first-order valence-electron chi connectivity index (χ1n) is 6.43. The van der Waals surface area contributed by atoms with Crippen molar-refractivity contribution in [3.05, 3.63) is 50.1 Å². The van der Waals surface area contributed by atoms with E-state index >= 15 is 0 Å². The number of allylic oxidation sites excluding steroid dienone is 2. The Bertz CT molecular complexity index is 418. The topological polar surface area (TPSA) is 76.7 Å². The number of nitrogens with one attached hydrogen (secondary N) is 3. The van der Waals surface area contributed by atoms with E-state index in [4.69, 9.17) is 0 Å². The normalized spacial score (nSPS) is 10.4. The molecule has 4 amide bonds. The maximum absolute atomic E-state index is 11.7. The van der Waals surface area contributed by atoms with Crippen LogP contribution in [-0.4, -0.2) is 35.2 Å². The average molecular weight is 293 g/mol. The number of nitrogens with zero attached hydrogens (tertiary/aromatic N) is 2. The van der Waals surface area contributed by atoms with Gasteiger partial charge in [-0.15, -0.1) is 0 Å². The molecule has 0 saturated heterocycles.